The maximum absolute atomic E-state index is 2.29. The van der Waals surface area contributed by atoms with Gasteiger partial charge in [0.15, 0.2) is 0 Å². The number of hydrogen-bond donors (Lipinski definition) is 0. The van der Waals surface area contributed by atoms with E-state index in [1.807, 2.05) is 0 Å². The molecule has 0 saturated heterocycles. The molecule has 1 aromatic rings. The second kappa shape index (κ2) is 3.71. The number of rotatable bonds is 1. The fourth-order valence-electron chi connectivity index (χ4n) is 1.72. The predicted octanol–water partition coefficient (Wildman–Crippen LogP) is 3.64. The predicted molar refractivity (Wildman–Crippen MR) is 67.6 cm³/mol. The van der Waals surface area contributed by atoms with E-state index in [0.29, 0.717) is 0 Å². The van der Waals surface area contributed by atoms with Crippen molar-refractivity contribution in [1.29, 1.82) is 0 Å². The Balaban J connectivity index is 2.59. The van der Waals surface area contributed by atoms with Crippen LogP contribution in [0.4, 0.5) is 0 Å². The number of aryl methyl sites for hydroxylation is 1. The first-order chi connectivity index (χ1) is 6.70. The van der Waals surface area contributed by atoms with Crippen molar-refractivity contribution in [3.63, 3.8) is 0 Å². The molecular weight excluding hydrogens is 187 g/mol. The van der Waals surface area contributed by atoms with Crippen LogP contribution in [0.5, 0.6) is 0 Å². The van der Waals surface area contributed by atoms with E-state index in [1.165, 1.54) is 35.7 Å². The quantitative estimate of drug-likeness (QED) is 0.608. The number of allylic oxidation sites excluding steroid dienone is 2. The third-order valence-corrected chi connectivity index (χ3v) is 3.74. The molecule has 0 bridgehead atoms. The van der Waals surface area contributed by atoms with Crippen LogP contribution in [-0.4, -0.2) is 11.6 Å². The van der Waals surface area contributed by atoms with E-state index < -0.39 is 0 Å². The Kier molecular flexibility index (Phi) is 2.56. The zero-order valence-corrected chi connectivity index (χ0v) is 9.73. The van der Waals surface area contributed by atoms with E-state index in [4.69, 9.17) is 0 Å². The molecular formula is C13H14P+. The second-order valence-corrected chi connectivity index (χ2v) is 4.57. The van der Waals surface area contributed by atoms with Crippen LogP contribution >= 0.6 is 7.83 Å². The van der Waals surface area contributed by atoms with Gasteiger partial charge in [-0.2, -0.15) is 0 Å². The van der Waals surface area contributed by atoms with Gasteiger partial charge >= 0.3 is 86.2 Å². The first-order valence-corrected chi connectivity index (χ1v) is 5.87. The Labute approximate surface area is 86.7 Å². The molecule has 0 N–H and O–H groups in total. The van der Waals surface area contributed by atoms with Crippen LogP contribution < -0.4 is 0 Å². The summed E-state index contributed by atoms with van der Waals surface area (Å²) >= 11 is 0. The summed E-state index contributed by atoms with van der Waals surface area (Å²) in [5, 5.41) is 0. The average molecular weight is 201 g/mol. The molecule has 0 aromatic heterocycles. The van der Waals surface area contributed by atoms with Gasteiger partial charge in [-0.15, -0.1) is 0 Å². The zero-order valence-electron chi connectivity index (χ0n) is 8.83. The van der Waals surface area contributed by atoms with Gasteiger partial charge in [-0.1, -0.05) is 0 Å². The zero-order chi connectivity index (χ0) is 10.1. The fraction of sp³-hybridized carbons (Fsp3) is 0.231. The van der Waals surface area contributed by atoms with Crippen LogP contribution in [0.2, 0.25) is 0 Å². The molecule has 14 heavy (non-hydrogen) atoms. The second-order valence-electron chi connectivity index (χ2n) is 3.75. The molecule has 0 amide bonds. The van der Waals surface area contributed by atoms with E-state index in [9.17, 15) is 0 Å². The monoisotopic (exact) mass is 201 g/mol. The molecule has 1 aliphatic heterocycles. The van der Waals surface area contributed by atoms with Crippen molar-refractivity contribution in [3.05, 3.63) is 40.5 Å². The molecule has 1 aromatic carbocycles. The summed E-state index contributed by atoms with van der Waals surface area (Å²) in [7, 11) is 1.32. The molecule has 0 unspecified atom stereocenters. The fourth-order valence-corrected chi connectivity index (χ4v) is 2.65. The Morgan fingerprint density at radius 3 is 2.43 bits per heavy atom. The molecule has 0 atom stereocenters. The van der Waals surface area contributed by atoms with Crippen molar-refractivity contribution >= 4 is 25.0 Å². The van der Waals surface area contributed by atoms with Gasteiger partial charge in [-0.3, -0.25) is 0 Å². The SMILES string of the molecule is CC1=C(c2cccc(C)c2C)C=[P+]=C1. The van der Waals surface area contributed by atoms with Gasteiger partial charge in [0.1, 0.15) is 0 Å². The first-order valence-electron chi connectivity index (χ1n) is 4.84. The average Bonchev–Trinajstić information content (AvgIpc) is 2.57. The summed E-state index contributed by atoms with van der Waals surface area (Å²) in [6.45, 7) is 6.56. The molecule has 0 saturated carbocycles. The summed E-state index contributed by atoms with van der Waals surface area (Å²) in [6.07, 6.45) is 0. The van der Waals surface area contributed by atoms with Crippen LogP contribution in [0.3, 0.4) is 0 Å². The molecule has 1 aliphatic rings. The van der Waals surface area contributed by atoms with E-state index in [-0.39, 0.29) is 0 Å². The van der Waals surface area contributed by atoms with Crippen LogP contribution in [-0.2, 0) is 0 Å². The van der Waals surface area contributed by atoms with Crippen molar-refractivity contribution in [2.45, 2.75) is 20.8 Å². The standard InChI is InChI=1S/C13H14P/c1-9-5-4-6-12(11(9)3)13-8-14-7-10(13)2/h4-8H,1-3H3/q+1. The Morgan fingerprint density at radius 2 is 1.79 bits per heavy atom. The van der Waals surface area contributed by atoms with Crippen LogP contribution in [0.1, 0.15) is 23.6 Å². The van der Waals surface area contributed by atoms with Crippen molar-refractivity contribution < 1.29 is 0 Å². The van der Waals surface area contributed by atoms with Crippen molar-refractivity contribution in [3.8, 4) is 0 Å². The van der Waals surface area contributed by atoms with E-state index in [0.717, 1.165) is 0 Å². The molecule has 1 heteroatoms. The Morgan fingerprint density at radius 1 is 1.00 bits per heavy atom. The van der Waals surface area contributed by atoms with Gasteiger partial charge in [-0.25, -0.2) is 0 Å². The molecule has 2 rings (SSSR count). The Hall–Kier alpha value is -0.870. The third kappa shape index (κ3) is 1.55. The van der Waals surface area contributed by atoms with Crippen LogP contribution in [0.25, 0.3) is 5.57 Å². The van der Waals surface area contributed by atoms with Gasteiger partial charge in [-0.05, 0) is 0 Å². The van der Waals surface area contributed by atoms with Crippen molar-refractivity contribution in [2.75, 3.05) is 0 Å². The van der Waals surface area contributed by atoms with Crippen LogP contribution in [0.15, 0.2) is 23.8 Å². The first kappa shape index (κ1) is 9.68. The summed E-state index contributed by atoms with van der Waals surface area (Å²) in [6, 6.07) is 6.53. The van der Waals surface area contributed by atoms with Crippen molar-refractivity contribution in [2.24, 2.45) is 0 Å². The summed E-state index contributed by atoms with van der Waals surface area (Å²) in [5.74, 6) is 4.55. The summed E-state index contributed by atoms with van der Waals surface area (Å²) in [5.41, 5.74) is 6.99. The van der Waals surface area contributed by atoms with Gasteiger partial charge in [0.05, 0.1) is 0 Å². The van der Waals surface area contributed by atoms with Crippen LogP contribution in [0, 0.1) is 13.8 Å². The molecule has 70 valence electrons. The molecule has 0 radical (unpaired) electrons. The number of benzene rings is 1. The normalized spacial score (nSPS) is 14.8. The van der Waals surface area contributed by atoms with Gasteiger partial charge in [0, 0.05) is 0 Å². The molecule has 0 nitrogen and oxygen atoms in total. The van der Waals surface area contributed by atoms with Gasteiger partial charge < -0.3 is 0 Å². The molecule has 0 aliphatic carbocycles. The van der Waals surface area contributed by atoms with E-state index in [2.05, 4.69) is 50.6 Å². The molecule has 0 spiro atoms. The molecule has 1 heterocycles. The summed E-state index contributed by atoms with van der Waals surface area (Å²) < 4.78 is 0. The minimum atomic E-state index is 1.32. The van der Waals surface area contributed by atoms with Gasteiger partial charge in [0.2, 0.25) is 0 Å². The molecule has 0 fully saturated rings. The van der Waals surface area contributed by atoms with E-state index in [1.54, 1.807) is 0 Å². The topological polar surface area (TPSA) is 0 Å². The number of hydrogen-bond acceptors (Lipinski definition) is 0. The maximum atomic E-state index is 2.29. The minimum absolute atomic E-state index is 1.32. The Bertz CT molecular complexity index is 472. The summed E-state index contributed by atoms with van der Waals surface area (Å²) in [4.78, 5) is 0. The van der Waals surface area contributed by atoms with Crippen molar-refractivity contribution in [1.82, 2.24) is 0 Å². The van der Waals surface area contributed by atoms with E-state index >= 15 is 0 Å². The third-order valence-electron chi connectivity index (χ3n) is 2.79. The van der Waals surface area contributed by atoms with Gasteiger partial charge in [0.25, 0.3) is 0 Å².